The average Bonchev–Trinajstić information content (AvgIpc) is 2.79. The first kappa shape index (κ1) is 12.9. The van der Waals surface area contributed by atoms with Crippen molar-refractivity contribution in [3.05, 3.63) is 18.7 Å². The molecular formula is C13H21N3O2. The van der Waals surface area contributed by atoms with E-state index in [9.17, 15) is 4.79 Å². The molecule has 0 atom stereocenters. The number of hydrogen-bond acceptors (Lipinski definition) is 3. The van der Waals surface area contributed by atoms with Crippen molar-refractivity contribution >= 4 is 6.09 Å². The maximum Gasteiger partial charge on any atom is 0.407 e. The zero-order chi connectivity index (χ0) is 13.2. The Kier molecular flexibility index (Phi) is 3.32. The first-order valence-corrected chi connectivity index (χ1v) is 6.31. The van der Waals surface area contributed by atoms with Gasteiger partial charge >= 0.3 is 6.09 Å². The molecule has 1 aromatic heterocycles. The van der Waals surface area contributed by atoms with E-state index in [1.165, 1.54) is 0 Å². The lowest BCUT2D eigenvalue weighted by atomic mass is 10.1. The van der Waals surface area contributed by atoms with Crippen molar-refractivity contribution in [3.8, 4) is 0 Å². The largest absolute Gasteiger partial charge is 0.444 e. The van der Waals surface area contributed by atoms with E-state index < -0.39 is 5.60 Å². The minimum Gasteiger partial charge on any atom is -0.444 e. The van der Waals surface area contributed by atoms with Crippen LogP contribution in [0.3, 0.4) is 0 Å². The fourth-order valence-corrected chi connectivity index (χ4v) is 1.91. The van der Waals surface area contributed by atoms with Gasteiger partial charge in [0.15, 0.2) is 0 Å². The molecule has 1 N–H and O–H groups in total. The van der Waals surface area contributed by atoms with Gasteiger partial charge in [-0.15, -0.1) is 0 Å². The Morgan fingerprint density at radius 1 is 1.50 bits per heavy atom. The van der Waals surface area contributed by atoms with Crippen molar-refractivity contribution in [3.63, 3.8) is 0 Å². The molecule has 0 radical (unpaired) electrons. The van der Waals surface area contributed by atoms with Crippen LogP contribution in [0.15, 0.2) is 18.7 Å². The quantitative estimate of drug-likeness (QED) is 0.892. The molecule has 0 spiro atoms. The maximum absolute atomic E-state index is 11.6. The van der Waals surface area contributed by atoms with Gasteiger partial charge in [-0.05, 0) is 33.6 Å². The zero-order valence-corrected chi connectivity index (χ0v) is 11.3. The van der Waals surface area contributed by atoms with Crippen LogP contribution in [0.1, 0.15) is 33.6 Å². The smallest absolute Gasteiger partial charge is 0.407 e. The summed E-state index contributed by atoms with van der Waals surface area (Å²) < 4.78 is 7.29. The molecule has 1 saturated carbocycles. The summed E-state index contributed by atoms with van der Waals surface area (Å²) in [4.78, 5) is 15.6. The molecule has 2 rings (SSSR count). The number of imidazole rings is 1. The molecule has 100 valence electrons. The van der Waals surface area contributed by atoms with Gasteiger partial charge in [-0.25, -0.2) is 9.78 Å². The van der Waals surface area contributed by atoms with Crippen LogP contribution in [0.5, 0.6) is 0 Å². The number of rotatable bonds is 4. The summed E-state index contributed by atoms with van der Waals surface area (Å²) in [5.41, 5.74) is -0.247. The predicted molar refractivity (Wildman–Crippen MR) is 68.1 cm³/mol. The van der Waals surface area contributed by atoms with Crippen molar-refractivity contribution in [2.45, 2.75) is 45.8 Å². The molecule has 0 unspecified atom stereocenters. The Hall–Kier alpha value is -1.52. The number of carbonyl (C=O) groups excluding carboxylic acids is 1. The topological polar surface area (TPSA) is 56.1 Å². The number of alkyl carbamates (subject to hydrolysis) is 1. The summed E-state index contributed by atoms with van der Waals surface area (Å²) in [5.74, 6) is 0. The molecule has 18 heavy (non-hydrogen) atoms. The Bertz CT molecular complexity index is 402. The van der Waals surface area contributed by atoms with Crippen LogP contribution in [0.25, 0.3) is 0 Å². The first-order chi connectivity index (χ1) is 8.39. The van der Waals surface area contributed by atoms with Crippen LogP contribution < -0.4 is 5.32 Å². The van der Waals surface area contributed by atoms with Gasteiger partial charge < -0.3 is 14.6 Å². The summed E-state index contributed by atoms with van der Waals surface area (Å²) >= 11 is 0. The lowest BCUT2D eigenvalue weighted by molar-refractivity contribution is 0.0514. The van der Waals surface area contributed by atoms with Crippen LogP contribution in [-0.2, 0) is 11.3 Å². The minimum atomic E-state index is -0.439. The molecule has 1 aliphatic carbocycles. The van der Waals surface area contributed by atoms with E-state index >= 15 is 0 Å². The average molecular weight is 251 g/mol. The van der Waals surface area contributed by atoms with Crippen LogP contribution in [-0.4, -0.2) is 27.8 Å². The lowest BCUT2D eigenvalue weighted by Gasteiger charge is -2.22. The van der Waals surface area contributed by atoms with E-state index in [0.717, 1.165) is 19.4 Å². The Morgan fingerprint density at radius 3 is 2.72 bits per heavy atom. The standard InChI is InChI=1S/C13H21N3O2/c1-12(2,3)18-11(17)15-8-13(4-5-13)9-16-7-6-14-10-16/h6-7,10H,4-5,8-9H2,1-3H3,(H,15,17). The van der Waals surface area contributed by atoms with E-state index in [1.54, 1.807) is 6.20 Å². The van der Waals surface area contributed by atoms with E-state index in [4.69, 9.17) is 4.74 Å². The number of amides is 1. The highest BCUT2D eigenvalue weighted by molar-refractivity contribution is 5.67. The fourth-order valence-electron chi connectivity index (χ4n) is 1.91. The van der Waals surface area contributed by atoms with Gasteiger partial charge in [-0.1, -0.05) is 0 Å². The molecule has 0 saturated heterocycles. The van der Waals surface area contributed by atoms with Crippen LogP contribution in [0, 0.1) is 5.41 Å². The van der Waals surface area contributed by atoms with Crippen molar-refractivity contribution in [2.75, 3.05) is 6.54 Å². The van der Waals surface area contributed by atoms with Gasteiger partial charge in [0.1, 0.15) is 5.60 Å². The fraction of sp³-hybridized carbons (Fsp3) is 0.692. The van der Waals surface area contributed by atoms with Crippen LogP contribution in [0.4, 0.5) is 4.79 Å². The predicted octanol–water partition coefficient (Wildman–Crippen LogP) is 2.19. The van der Waals surface area contributed by atoms with Gasteiger partial charge in [0.25, 0.3) is 0 Å². The molecule has 1 amide bonds. The molecular weight excluding hydrogens is 230 g/mol. The third-order valence-electron chi connectivity index (χ3n) is 3.04. The normalized spacial score (nSPS) is 17.3. The third-order valence-corrected chi connectivity index (χ3v) is 3.04. The van der Waals surface area contributed by atoms with E-state index in [-0.39, 0.29) is 11.5 Å². The van der Waals surface area contributed by atoms with Crippen molar-refractivity contribution in [1.82, 2.24) is 14.9 Å². The number of nitrogens with zero attached hydrogens (tertiary/aromatic N) is 2. The number of carbonyl (C=O) groups is 1. The molecule has 5 heteroatoms. The molecule has 1 heterocycles. The molecule has 5 nitrogen and oxygen atoms in total. The highest BCUT2D eigenvalue weighted by Gasteiger charge is 2.43. The summed E-state index contributed by atoms with van der Waals surface area (Å²) in [6.07, 6.45) is 7.49. The molecule has 0 aromatic carbocycles. The lowest BCUT2D eigenvalue weighted by Crippen LogP contribution is -2.36. The summed E-state index contributed by atoms with van der Waals surface area (Å²) in [6, 6.07) is 0. The van der Waals surface area contributed by atoms with E-state index in [2.05, 4.69) is 14.9 Å². The Morgan fingerprint density at radius 2 is 2.22 bits per heavy atom. The Labute approximate surface area is 108 Å². The second kappa shape index (κ2) is 4.63. The molecule has 0 bridgehead atoms. The maximum atomic E-state index is 11.6. The minimum absolute atomic E-state index is 0.192. The van der Waals surface area contributed by atoms with Gasteiger partial charge in [0.05, 0.1) is 6.33 Å². The monoisotopic (exact) mass is 251 g/mol. The second-order valence-corrected chi connectivity index (χ2v) is 6.09. The zero-order valence-electron chi connectivity index (χ0n) is 11.3. The second-order valence-electron chi connectivity index (χ2n) is 6.09. The van der Waals surface area contributed by atoms with Gasteiger partial charge in [-0.3, -0.25) is 0 Å². The van der Waals surface area contributed by atoms with Crippen molar-refractivity contribution < 1.29 is 9.53 Å². The number of aromatic nitrogens is 2. The van der Waals surface area contributed by atoms with Gasteiger partial charge in [0.2, 0.25) is 0 Å². The Balaban J connectivity index is 1.78. The molecule has 1 aliphatic rings. The van der Waals surface area contributed by atoms with E-state index in [0.29, 0.717) is 6.54 Å². The highest BCUT2D eigenvalue weighted by Crippen LogP contribution is 2.46. The summed E-state index contributed by atoms with van der Waals surface area (Å²) in [5, 5.41) is 2.86. The molecule has 0 aliphatic heterocycles. The SMILES string of the molecule is CC(C)(C)OC(=O)NCC1(Cn2ccnc2)CC1. The third kappa shape index (κ3) is 3.75. The summed E-state index contributed by atoms with van der Waals surface area (Å²) in [7, 11) is 0. The van der Waals surface area contributed by atoms with Crippen LogP contribution in [0.2, 0.25) is 0 Å². The molecule has 1 fully saturated rings. The summed E-state index contributed by atoms with van der Waals surface area (Å²) in [6.45, 7) is 7.17. The first-order valence-electron chi connectivity index (χ1n) is 6.31. The number of ether oxygens (including phenoxy) is 1. The van der Waals surface area contributed by atoms with Gasteiger partial charge in [-0.2, -0.15) is 0 Å². The van der Waals surface area contributed by atoms with Crippen LogP contribution >= 0.6 is 0 Å². The van der Waals surface area contributed by atoms with Crippen molar-refractivity contribution in [1.29, 1.82) is 0 Å². The van der Waals surface area contributed by atoms with E-state index in [1.807, 2.05) is 33.3 Å². The highest BCUT2D eigenvalue weighted by atomic mass is 16.6. The number of hydrogen-bond donors (Lipinski definition) is 1. The van der Waals surface area contributed by atoms with Gasteiger partial charge in [0, 0.05) is 30.9 Å². The molecule has 1 aromatic rings. The van der Waals surface area contributed by atoms with Crippen molar-refractivity contribution in [2.24, 2.45) is 5.41 Å². The number of nitrogens with one attached hydrogen (secondary N) is 1.